The van der Waals surface area contributed by atoms with Crippen LogP contribution in [0.3, 0.4) is 0 Å². The molecule has 0 aromatic heterocycles. The molecule has 0 fully saturated rings. The Morgan fingerprint density at radius 1 is 1.57 bits per heavy atom. The van der Waals surface area contributed by atoms with Crippen LogP contribution in [-0.2, 0) is 0 Å². The molecule has 0 unspecified atom stereocenters. The third-order valence-electron chi connectivity index (χ3n) is 1.88. The van der Waals surface area contributed by atoms with E-state index < -0.39 is 0 Å². The highest BCUT2D eigenvalue weighted by molar-refractivity contribution is 9.09. The van der Waals surface area contributed by atoms with Gasteiger partial charge in [0.05, 0.1) is 0 Å². The molecule has 1 aromatic rings. The Kier molecular flexibility index (Phi) is 4.48. The van der Waals surface area contributed by atoms with Crippen LogP contribution in [0.2, 0.25) is 0 Å². The number of rotatable bonds is 4. The maximum Gasteiger partial charge on any atom is 0.163 e. The lowest BCUT2D eigenvalue weighted by molar-refractivity contribution is 0.0989. The zero-order valence-electron chi connectivity index (χ0n) is 7.92. The Labute approximate surface area is 96.4 Å². The lowest BCUT2D eigenvalue weighted by atomic mass is 10.1. The molecule has 1 rings (SSSR count). The smallest absolute Gasteiger partial charge is 0.163 e. The lowest BCUT2D eigenvalue weighted by Gasteiger charge is -2.04. The summed E-state index contributed by atoms with van der Waals surface area (Å²) in [4.78, 5) is 12.5. The summed E-state index contributed by atoms with van der Waals surface area (Å²) in [5, 5.41) is 0.699. The molecular weight excluding hydrogens is 262 g/mol. The van der Waals surface area contributed by atoms with Gasteiger partial charge in [-0.3, -0.25) is 4.79 Å². The molecule has 0 bridgehead atoms. The van der Waals surface area contributed by atoms with Gasteiger partial charge in [-0.15, -0.1) is 11.8 Å². The van der Waals surface area contributed by atoms with Gasteiger partial charge in [0.15, 0.2) is 5.78 Å². The van der Waals surface area contributed by atoms with Gasteiger partial charge >= 0.3 is 0 Å². The summed E-state index contributed by atoms with van der Waals surface area (Å²) in [6.07, 6.45) is 2.47. The van der Waals surface area contributed by atoms with Gasteiger partial charge in [0, 0.05) is 27.9 Å². The summed E-state index contributed by atoms with van der Waals surface area (Å²) in [5.41, 5.74) is 7.20. The minimum absolute atomic E-state index is 0.150. The van der Waals surface area contributed by atoms with Crippen LogP contribution in [-0.4, -0.2) is 17.4 Å². The Morgan fingerprint density at radius 2 is 2.29 bits per heavy atom. The van der Waals surface area contributed by atoms with Gasteiger partial charge in [-0.2, -0.15) is 0 Å². The molecule has 0 amide bonds. The third-order valence-corrected chi connectivity index (χ3v) is 3.07. The van der Waals surface area contributed by atoms with E-state index in [9.17, 15) is 4.79 Å². The highest BCUT2D eigenvalue weighted by atomic mass is 79.9. The maximum absolute atomic E-state index is 11.5. The van der Waals surface area contributed by atoms with Crippen LogP contribution in [0, 0.1) is 0 Å². The van der Waals surface area contributed by atoms with E-state index in [-0.39, 0.29) is 5.78 Å². The molecule has 2 nitrogen and oxygen atoms in total. The number of benzene rings is 1. The topological polar surface area (TPSA) is 43.1 Å². The predicted molar refractivity (Wildman–Crippen MR) is 65.4 cm³/mol. The highest BCUT2D eigenvalue weighted by Crippen LogP contribution is 2.24. The highest BCUT2D eigenvalue weighted by Gasteiger charge is 2.07. The number of ketones is 1. The van der Waals surface area contributed by atoms with E-state index in [0.29, 0.717) is 11.8 Å². The van der Waals surface area contributed by atoms with Gasteiger partial charge in [0.1, 0.15) is 0 Å². The van der Waals surface area contributed by atoms with Crippen LogP contribution in [0.1, 0.15) is 16.8 Å². The number of alkyl halides is 1. The molecule has 0 heterocycles. The van der Waals surface area contributed by atoms with E-state index in [4.69, 9.17) is 5.73 Å². The van der Waals surface area contributed by atoms with Crippen molar-refractivity contribution in [3.8, 4) is 0 Å². The van der Waals surface area contributed by atoms with Crippen molar-refractivity contribution in [3.63, 3.8) is 0 Å². The molecule has 0 aliphatic carbocycles. The zero-order chi connectivity index (χ0) is 10.6. The van der Waals surface area contributed by atoms with Crippen molar-refractivity contribution >= 4 is 39.2 Å². The number of carbonyl (C=O) groups excluding carboxylic acids is 1. The van der Waals surface area contributed by atoms with Crippen molar-refractivity contribution < 1.29 is 4.79 Å². The monoisotopic (exact) mass is 273 g/mol. The summed E-state index contributed by atoms with van der Waals surface area (Å²) < 4.78 is 0. The average Bonchev–Trinajstić information content (AvgIpc) is 2.19. The van der Waals surface area contributed by atoms with E-state index in [0.717, 1.165) is 16.1 Å². The maximum atomic E-state index is 11.5. The van der Waals surface area contributed by atoms with Crippen LogP contribution >= 0.6 is 27.7 Å². The molecule has 4 heteroatoms. The minimum atomic E-state index is 0.150. The predicted octanol–water partition coefficient (Wildman–Crippen LogP) is 2.96. The lowest BCUT2D eigenvalue weighted by Crippen LogP contribution is -2.00. The first-order valence-electron chi connectivity index (χ1n) is 4.21. The number of Topliss-reactive ketones (excluding diaryl/α,β-unsaturated/α-hetero) is 1. The van der Waals surface area contributed by atoms with Crippen LogP contribution in [0.4, 0.5) is 5.69 Å². The largest absolute Gasteiger partial charge is 0.398 e. The summed E-state index contributed by atoms with van der Waals surface area (Å²) in [7, 11) is 0. The second-order valence-electron chi connectivity index (χ2n) is 2.82. The second kappa shape index (κ2) is 5.41. The minimum Gasteiger partial charge on any atom is -0.398 e. The number of nitrogens with two attached hydrogens (primary N) is 1. The molecule has 0 aliphatic rings. The number of anilines is 1. The molecule has 0 spiro atoms. The van der Waals surface area contributed by atoms with E-state index in [1.807, 2.05) is 12.3 Å². The van der Waals surface area contributed by atoms with Gasteiger partial charge in [-0.25, -0.2) is 0 Å². The van der Waals surface area contributed by atoms with Crippen molar-refractivity contribution in [2.75, 3.05) is 17.3 Å². The van der Waals surface area contributed by atoms with Crippen molar-refractivity contribution in [3.05, 3.63) is 23.8 Å². The fraction of sp³-hybridized carbons (Fsp3) is 0.300. The molecule has 1 aromatic carbocycles. The summed E-state index contributed by atoms with van der Waals surface area (Å²) in [5.74, 6) is 0.150. The van der Waals surface area contributed by atoms with Gasteiger partial charge in [-0.1, -0.05) is 15.9 Å². The van der Waals surface area contributed by atoms with Crippen LogP contribution in [0.15, 0.2) is 23.1 Å². The average molecular weight is 274 g/mol. The first-order valence-corrected chi connectivity index (χ1v) is 6.56. The Morgan fingerprint density at radius 3 is 2.86 bits per heavy atom. The SMILES string of the molecule is CSc1cc(C(=O)CCBr)ccc1N. The number of nitrogen functional groups attached to an aromatic ring is 1. The molecule has 76 valence electrons. The fourth-order valence-corrected chi connectivity index (χ4v) is 2.02. The standard InChI is InChI=1S/C10H12BrNOS/c1-14-10-6-7(2-3-8(10)12)9(13)4-5-11/h2-3,6H,4-5,12H2,1H3. The first kappa shape index (κ1) is 11.6. The van der Waals surface area contributed by atoms with Crippen molar-refractivity contribution in [1.29, 1.82) is 0 Å². The van der Waals surface area contributed by atoms with E-state index >= 15 is 0 Å². The van der Waals surface area contributed by atoms with Crippen molar-refractivity contribution in [2.45, 2.75) is 11.3 Å². The first-order chi connectivity index (χ1) is 6.69. The quantitative estimate of drug-likeness (QED) is 0.397. The van der Waals surface area contributed by atoms with Crippen molar-refractivity contribution in [1.82, 2.24) is 0 Å². The molecule has 0 aliphatic heterocycles. The Bertz CT molecular complexity index is 341. The summed E-state index contributed by atoms with van der Waals surface area (Å²) >= 11 is 4.80. The second-order valence-corrected chi connectivity index (χ2v) is 4.46. The Balaban J connectivity index is 2.94. The molecule has 0 saturated carbocycles. The molecule has 0 atom stereocenters. The van der Waals surface area contributed by atoms with Crippen LogP contribution in [0.5, 0.6) is 0 Å². The van der Waals surface area contributed by atoms with E-state index in [1.165, 1.54) is 0 Å². The summed E-state index contributed by atoms with van der Waals surface area (Å²) in [6, 6.07) is 5.42. The number of hydrogen-bond acceptors (Lipinski definition) is 3. The van der Waals surface area contributed by atoms with Gasteiger partial charge in [0.25, 0.3) is 0 Å². The van der Waals surface area contributed by atoms with Crippen LogP contribution in [0.25, 0.3) is 0 Å². The van der Waals surface area contributed by atoms with E-state index in [2.05, 4.69) is 15.9 Å². The molecule has 0 radical (unpaired) electrons. The Hall–Kier alpha value is -0.480. The fourth-order valence-electron chi connectivity index (χ4n) is 1.11. The molecule has 14 heavy (non-hydrogen) atoms. The number of halogens is 1. The number of thioether (sulfide) groups is 1. The normalized spacial score (nSPS) is 10.1. The summed E-state index contributed by atoms with van der Waals surface area (Å²) in [6.45, 7) is 0. The van der Waals surface area contributed by atoms with Crippen LogP contribution < -0.4 is 5.73 Å². The molecular formula is C10H12BrNOS. The third kappa shape index (κ3) is 2.75. The molecule has 2 N–H and O–H groups in total. The van der Waals surface area contributed by atoms with Gasteiger partial charge in [0.2, 0.25) is 0 Å². The number of hydrogen-bond donors (Lipinski definition) is 1. The van der Waals surface area contributed by atoms with Crippen molar-refractivity contribution in [2.24, 2.45) is 0 Å². The van der Waals surface area contributed by atoms with Gasteiger partial charge in [-0.05, 0) is 24.5 Å². The number of carbonyl (C=O) groups is 1. The van der Waals surface area contributed by atoms with E-state index in [1.54, 1.807) is 23.9 Å². The molecule has 0 saturated heterocycles. The zero-order valence-corrected chi connectivity index (χ0v) is 10.3. The van der Waals surface area contributed by atoms with Gasteiger partial charge < -0.3 is 5.73 Å².